The Labute approximate surface area is 121 Å². The first-order chi connectivity index (χ1) is 8.11. The first kappa shape index (κ1) is 13.1. The summed E-state index contributed by atoms with van der Waals surface area (Å²) in [5.41, 5.74) is 1.93. The summed E-state index contributed by atoms with van der Waals surface area (Å²) in [5, 5.41) is 8.22. The Bertz CT molecular complexity index is 516. The van der Waals surface area contributed by atoms with Gasteiger partial charge in [-0.05, 0) is 57.1 Å². The van der Waals surface area contributed by atoms with E-state index >= 15 is 0 Å². The number of hydrogen-bond acceptors (Lipinski definition) is 2. The third kappa shape index (κ3) is 2.91. The highest BCUT2D eigenvalue weighted by molar-refractivity contribution is 9.11. The highest BCUT2D eigenvalue weighted by Crippen LogP contribution is 2.32. The van der Waals surface area contributed by atoms with Crippen LogP contribution < -0.4 is 5.32 Å². The standard InChI is InChI=1S/C11H10Br2ClN3/c1-15-6-8-2-3-17(16-8)11-9(12)4-7(14)5-10(11)13/h2-5,15H,6H2,1H3. The van der Waals surface area contributed by atoms with Crippen molar-refractivity contribution >= 4 is 43.5 Å². The van der Waals surface area contributed by atoms with Crippen molar-refractivity contribution in [3.05, 3.63) is 44.1 Å². The summed E-state index contributed by atoms with van der Waals surface area (Å²) in [6.07, 6.45) is 1.92. The van der Waals surface area contributed by atoms with Gasteiger partial charge in [-0.1, -0.05) is 11.6 Å². The summed E-state index contributed by atoms with van der Waals surface area (Å²) in [7, 11) is 1.90. The fraction of sp³-hybridized carbons (Fsp3) is 0.182. The third-order valence-corrected chi connectivity index (χ3v) is 3.64. The molecule has 0 atom stereocenters. The van der Waals surface area contributed by atoms with Crippen LogP contribution in [0.5, 0.6) is 0 Å². The van der Waals surface area contributed by atoms with Crippen LogP contribution in [-0.2, 0) is 6.54 Å². The molecule has 0 fully saturated rings. The molecule has 0 saturated heterocycles. The first-order valence-electron chi connectivity index (χ1n) is 4.96. The molecule has 0 unspecified atom stereocenters. The molecule has 0 aliphatic heterocycles. The Hall–Kier alpha value is -0.360. The van der Waals surface area contributed by atoms with Crippen molar-refractivity contribution in [1.29, 1.82) is 0 Å². The summed E-state index contributed by atoms with van der Waals surface area (Å²) in [5.74, 6) is 0. The van der Waals surface area contributed by atoms with Crippen LogP contribution in [-0.4, -0.2) is 16.8 Å². The minimum absolute atomic E-state index is 0.676. The monoisotopic (exact) mass is 377 g/mol. The van der Waals surface area contributed by atoms with Gasteiger partial charge in [-0.2, -0.15) is 5.10 Å². The second kappa shape index (κ2) is 5.52. The van der Waals surface area contributed by atoms with E-state index in [-0.39, 0.29) is 0 Å². The summed E-state index contributed by atoms with van der Waals surface area (Å²) in [6, 6.07) is 5.67. The van der Waals surface area contributed by atoms with Gasteiger partial charge in [-0.15, -0.1) is 0 Å². The molecule has 0 amide bonds. The quantitative estimate of drug-likeness (QED) is 0.880. The zero-order valence-electron chi connectivity index (χ0n) is 9.04. The average molecular weight is 379 g/mol. The predicted molar refractivity (Wildman–Crippen MR) is 76.7 cm³/mol. The molecule has 0 saturated carbocycles. The maximum absolute atomic E-state index is 5.96. The number of nitrogens with one attached hydrogen (secondary N) is 1. The maximum atomic E-state index is 5.96. The molecule has 2 aromatic rings. The van der Waals surface area contributed by atoms with Gasteiger partial charge in [0.15, 0.2) is 0 Å². The van der Waals surface area contributed by atoms with Crippen LogP contribution >= 0.6 is 43.5 Å². The molecule has 0 spiro atoms. The van der Waals surface area contributed by atoms with Gasteiger partial charge >= 0.3 is 0 Å². The van der Waals surface area contributed by atoms with E-state index in [1.807, 2.05) is 36.1 Å². The molecular weight excluding hydrogens is 369 g/mol. The van der Waals surface area contributed by atoms with Crippen molar-refractivity contribution in [2.75, 3.05) is 7.05 Å². The molecule has 1 heterocycles. The number of nitrogens with zero attached hydrogens (tertiary/aromatic N) is 2. The normalized spacial score (nSPS) is 10.8. The lowest BCUT2D eigenvalue weighted by atomic mass is 10.3. The third-order valence-electron chi connectivity index (χ3n) is 2.21. The van der Waals surface area contributed by atoms with Gasteiger partial charge in [0, 0.05) is 26.7 Å². The average Bonchev–Trinajstić information content (AvgIpc) is 2.65. The molecule has 0 aliphatic rings. The minimum Gasteiger partial charge on any atom is -0.314 e. The Morgan fingerprint density at radius 1 is 1.35 bits per heavy atom. The second-order valence-corrected chi connectivity index (χ2v) is 5.65. The largest absolute Gasteiger partial charge is 0.314 e. The minimum atomic E-state index is 0.676. The molecule has 0 aliphatic carbocycles. The van der Waals surface area contributed by atoms with Crippen LogP contribution in [0.4, 0.5) is 0 Å². The van der Waals surface area contributed by atoms with Crippen molar-refractivity contribution in [3.63, 3.8) is 0 Å². The van der Waals surface area contributed by atoms with E-state index in [4.69, 9.17) is 11.6 Å². The van der Waals surface area contributed by atoms with E-state index in [0.29, 0.717) is 5.02 Å². The maximum Gasteiger partial charge on any atom is 0.0930 e. The Morgan fingerprint density at radius 3 is 2.59 bits per heavy atom. The summed E-state index contributed by atoms with van der Waals surface area (Å²) in [6.45, 7) is 0.746. The molecule has 0 radical (unpaired) electrons. The number of benzene rings is 1. The lowest BCUT2D eigenvalue weighted by Crippen LogP contribution is -2.06. The van der Waals surface area contributed by atoms with E-state index in [9.17, 15) is 0 Å². The summed E-state index contributed by atoms with van der Waals surface area (Å²) in [4.78, 5) is 0. The molecule has 90 valence electrons. The Kier molecular flexibility index (Phi) is 4.25. The van der Waals surface area contributed by atoms with Gasteiger partial charge in [0.1, 0.15) is 0 Å². The van der Waals surface area contributed by atoms with E-state index in [2.05, 4.69) is 42.3 Å². The van der Waals surface area contributed by atoms with Gasteiger partial charge in [-0.3, -0.25) is 0 Å². The molecular formula is C11H10Br2ClN3. The lowest BCUT2D eigenvalue weighted by Gasteiger charge is -2.08. The van der Waals surface area contributed by atoms with Crippen molar-refractivity contribution < 1.29 is 0 Å². The highest BCUT2D eigenvalue weighted by atomic mass is 79.9. The molecule has 17 heavy (non-hydrogen) atoms. The molecule has 1 aromatic carbocycles. The van der Waals surface area contributed by atoms with Crippen LogP contribution in [0.25, 0.3) is 5.69 Å². The van der Waals surface area contributed by atoms with E-state index in [0.717, 1.165) is 26.9 Å². The van der Waals surface area contributed by atoms with Crippen LogP contribution in [0.2, 0.25) is 5.02 Å². The van der Waals surface area contributed by atoms with Crippen molar-refractivity contribution in [1.82, 2.24) is 15.1 Å². The first-order valence-corrected chi connectivity index (χ1v) is 6.92. The number of halogens is 3. The smallest absolute Gasteiger partial charge is 0.0930 e. The molecule has 0 bridgehead atoms. The molecule has 2 rings (SSSR count). The van der Waals surface area contributed by atoms with Crippen LogP contribution in [0.3, 0.4) is 0 Å². The van der Waals surface area contributed by atoms with Gasteiger partial charge in [0.05, 0.1) is 11.4 Å². The summed E-state index contributed by atoms with van der Waals surface area (Å²) < 4.78 is 3.61. The molecule has 6 heteroatoms. The van der Waals surface area contributed by atoms with Gasteiger partial charge in [0.25, 0.3) is 0 Å². The van der Waals surface area contributed by atoms with Crippen LogP contribution in [0.15, 0.2) is 33.3 Å². The molecule has 1 aromatic heterocycles. The Balaban J connectivity index is 2.45. The number of aromatic nitrogens is 2. The van der Waals surface area contributed by atoms with Gasteiger partial charge in [-0.25, -0.2) is 4.68 Å². The topological polar surface area (TPSA) is 29.9 Å². The van der Waals surface area contributed by atoms with Crippen LogP contribution in [0, 0.1) is 0 Å². The van der Waals surface area contributed by atoms with Gasteiger partial charge < -0.3 is 5.32 Å². The van der Waals surface area contributed by atoms with Gasteiger partial charge in [0.2, 0.25) is 0 Å². The van der Waals surface area contributed by atoms with Crippen LogP contribution in [0.1, 0.15) is 5.69 Å². The number of hydrogen-bond donors (Lipinski definition) is 1. The van der Waals surface area contributed by atoms with E-state index < -0.39 is 0 Å². The summed E-state index contributed by atoms with van der Waals surface area (Å²) >= 11 is 12.9. The zero-order chi connectivity index (χ0) is 12.4. The highest BCUT2D eigenvalue weighted by Gasteiger charge is 2.10. The fourth-order valence-corrected chi connectivity index (χ4v) is 3.55. The number of rotatable bonds is 3. The SMILES string of the molecule is CNCc1ccn(-c2c(Br)cc(Cl)cc2Br)n1. The van der Waals surface area contributed by atoms with E-state index in [1.54, 1.807) is 0 Å². The molecule has 1 N–H and O–H groups in total. The second-order valence-electron chi connectivity index (χ2n) is 3.50. The zero-order valence-corrected chi connectivity index (χ0v) is 13.0. The van der Waals surface area contributed by atoms with Crippen molar-refractivity contribution in [2.24, 2.45) is 0 Å². The van der Waals surface area contributed by atoms with Crippen molar-refractivity contribution in [2.45, 2.75) is 6.54 Å². The molecule has 3 nitrogen and oxygen atoms in total. The van der Waals surface area contributed by atoms with E-state index in [1.165, 1.54) is 0 Å². The Morgan fingerprint density at radius 2 is 2.00 bits per heavy atom. The van der Waals surface area contributed by atoms with Crippen molar-refractivity contribution in [3.8, 4) is 5.69 Å². The fourth-order valence-electron chi connectivity index (χ4n) is 1.52. The lowest BCUT2D eigenvalue weighted by molar-refractivity contribution is 0.755. The predicted octanol–water partition coefficient (Wildman–Crippen LogP) is 3.77.